The number of H-pyrrole nitrogens is 1. The quantitative estimate of drug-likeness (QED) is 0.941. The van der Waals surface area contributed by atoms with Gasteiger partial charge in [-0.15, -0.1) is 0 Å². The van der Waals surface area contributed by atoms with Crippen LogP contribution in [0, 0.1) is 6.92 Å². The Balaban J connectivity index is 2.38. The fourth-order valence-corrected chi connectivity index (χ4v) is 2.24. The van der Waals surface area contributed by atoms with Gasteiger partial charge in [0.15, 0.2) is 0 Å². The van der Waals surface area contributed by atoms with Crippen LogP contribution in [0.25, 0.3) is 0 Å². The third-order valence-electron chi connectivity index (χ3n) is 3.42. The molecule has 0 fully saturated rings. The number of nitrogens with zero attached hydrogens (tertiary/aromatic N) is 1. The van der Waals surface area contributed by atoms with E-state index in [1.165, 1.54) is 36.2 Å². The van der Waals surface area contributed by atoms with Crippen molar-refractivity contribution in [1.29, 1.82) is 0 Å². The predicted octanol–water partition coefficient (Wildman–Crippen LogP) is 3.37. The van der Waals surface area contributed by atoms with Gasteiger partial charge in [-0.25, -0.2) is 0 Å². The van der Waals surface area contributed by atoms with Crippen molar-refractivity contribution >= 4 is 11.6 Å². The number of benzene rings is 1. The highest BCUT2D eigenvalue weighted by atomic mass is 19.4. The van der Waals surface area contributed by atoms with Gasteiger partial charge < -0.3 is 9.88 Å². The molecule has 0 saturated carbocycles. The molecule has 1 heterocycles. The molecule has 0 aliphatic rings. The number of alkyl halides is 3. The van der Waals surface area contributed by atoms with Crippen LogP contribution in [0.2, 0.25) is 0 Å². The zero-order chi connectivity index (χ0) is 17.2. The van der Waals surface area contributed by atoms with Gasteiger partial charge in [-0.3, -0.25) is 9.59 Å². The molecular weight excluding hydrogens is 309 g/mol. The number of halogens is 3. The summed E-state index contributed by atoms with van der Waals surface area (Å²) in [6, 6.07) is 5.79. The molecule has 7 heteroatoms. The minimum absolute atomic E-state index is 0.186. The Morgan fingerprint density at radius 1 is 1.22 bits per heavy atom. The molecule has 1 N–H and O–H groups in total. The summed E-state index contributed by atoms with van der Waals surface area (Å²) in [5, 5.41) is 0. The van der Waals surface area contributed by atoms with Crippen molar-refractivity contribution < 1.29 is 18.0 Å². The number of carbonyl (C=O) groups is 1. The van der Waals surface area contributed by atoms with E-state index in [2.05, 4.69) is 4.98 Å². The zero-order valence-electron chi connectivity index (χ0n) is 12.6. The Morgan fingerprint density at radius 3 is 2.39 bits per heavy atom. The van der Waals surface area contributed by atoms with Gasteiger partial charge in [0.25, 0.3) is 5.91 Å². The second-order valence-corrected chi connectivity index (χ2v) is 4.99. The molecule has 1 aromatic carbocycles. The number of aromatic nitrogens is 1. The number of aromatic amines is 1. The van der Waals surface area contributed by atoms with E-state index in [4.69, 9.17) is 0 Å². The number of pyridine rings is 1. The number of carbonyl (C=O) groups excluding carboxylic acids is 1. The Hall–Kier alpha value is -2.57. The molecule has 0 saturated heterocycles. The minimum atomic E-state index is -4.45. The molecule has 2 rings (SSSR count). The molecule has 0 unspecified atom stereocenters. The molecule has 1 amide bonds. The number of amides is 1. The summed E-state index contributed by atoms with van der Waals surface area (Å²) >= 11 is 0. The third-order valence-corrected chi connectivity index (χ3v) is 3.42. The first-order valence-electron chi connectivity index (χ1n) is 6.92. The number of hydrogen-bond donors (Lipinski definition) is 1. The van der Waals surface area contributed by atoms with E-state index in [-0.39, 0.29) is 16.7 Å². The first-order valence-corrected chi connectivity index (χ1v) is 6.92. The monoisotopic (exact) mass is 324 g/mol. The topological polar surface area (TPSA) is 53.2 Å². The summed E-state index contributed by atoms with van der Waals surface area (Å²) < 4.78 is 38.1. The van der Waals surface area contributed by atoms with E-state index in [9.17, 15) is 22.8 Å². The van der Waals surface area contributed by atoms with E-state index < -0.39 is 17.6 Å². The SMILES string of the molecule is CCN(C(=O)c1ccc(C(F)(F)F)cc1C)c1ccc(=O)[nH]c1. The first kappa shape index (κ1) is 16.8. The Labute approximate surface area is 130 Å². The van der Waals surface area contributed by atoms with Crippen LogP contribution >= 0.6 is 0 Å². The van der Waals surface area contributed by atoms with Crippen LogP contribution in [0.4, 0.5) is 18.9 Å². The molecule has 0 bridgehead atoms. The molecule has 0 aliphatic heterocycles. The second kappa shape index (κ2) is 6.28. The smallest absolute Gasteiger partial charge is 0.327 e. The summed E-state index contributed by atoms with van der Waals surface area (Å²) in [6.45, 7) is 3.51. The minimum Gasteiger partial charge on any atom is -0.327 e. The van der Waals surface area contributed by atoms with Crippen LogP contribution in [0.3, 0.4) is 0 Å². The number of nitrogens with one attached hydrogen (secondary N) is 1. The largest absolute Gasteiger partial charge is 0.416 e. The average molecular weight is 324 g/mol. The van der Waals surface area contributed by atoms with Crippen LogP contribution < -0.4 is 10.5 Å². The maximum absolute atomic E-state index is 12.7. The van der Waals surface area contributed by atoms with Crippen molar-refractivity contribution in [3.8, 4) is 0 Å². The number of aryl methyl sites for hydroxylation is 1. The van der Waals surface area contributed by atoms with Crippen molar-refractivity contribution in [1.82, 2.24) is 4.98 Å². The van der Waals surface area contributed by atoms with E-state index >= 15 is 0 Å². The van der Waals surface area contributed by atoms with Gasteiger partial charge in [0.2, 0.25) is 5.56 Å². The molecule has 0 spiro atoms. The Bertz CT molecular complexity index is 761. The lowest BCUT2D eigenvalue weighted by atomic mass is 10.0. The summed E-state index contributed by atoms with van der Waals surface area (Å²) in [5.74, 6) is -0.425. The summed E-state index contributed by atoms with van der Waals surface area (Å²) in [7, 11) is 0. The highest BCUT2D eigenvalue weighted by molar-refractivity contribution is 6.06. The Kier molecular flexibility index (Phi) is 4.58. The van der Waals surface area contributed by atoms with Crippen molar-refractivity contribution in [2.45, 2.75) is 20.0 Å². The van der Waals surface area contributed by atoms with Crippen LogP contribution in [0.5, 0.6) is 0 Å². The Morgan fingerprint density at radius 2 is 1.91 bits per heavy atom. The molecular formula is C16H15F3N2O2. The standard InChI is InChI=1S/C16H15F3N2O2/c1-3-21(12-5-7-14(22)20-9-12)15(23)13-6-4-11(8-10(13)2)16(17,18)19/h4-9H,3H2,1-2H3,(H,20,22). The fraction of sp³-hybridized carbons (Fsp3) is 0.250. The van der Waals surface area contributed by atoms with Gasteiger partial charge in [-0.2, -0.15) is 13.2 Å². The third kappa shape index (κ3) is 3.61. The van der Waals surface area contributed by atoms with Crippen LogP contribution in [0.15, 0.2) is 41.3 Å². The predicted molar refractivity (Wildman–Crippen MR) is 80.6 cm³/mol. The van der Waals surface area contributed by atoms with Gasteiger partial charge in [0.1, 0.15) is 0 Å². The van der Waals surface area contributed by atoms with E-state index in [0.717, 1.165) is 12.1 Å². The summed E-state index contributed by atoms with van der Waals surface area (Å²) in [4.78, 5) is 27.5. The van der Waals surface area contributed by atoms with Crippen LogP contribution in [-0.2, 0) is 6.18 Å². The van der Waals surface area contributed by atoms with Gasteiger partial charge in [0, 0.05) is 24.4 Å². The van der Waals surface area contributed by atoms with Gasteiger partial charge in [-0.1, -0.05) is 0 Å². The highest BCUT2D eigenvalue weighted by Gasteiger charge is 2.31. The maximum atomic E-state index is 12.7. The van der Waals surface area contributed by atoms with E-state index in [0.29, 0.717) is 12.2 Å². The average Bonchev–Trinajstić information content (AvgIpc) is 2.48. The summed E-state index contributed by atoms with van der Waals surface area (Å²) in [5.41, 5.74) is -0.197. The number of hydrogen-bond acceptors (Lipinski definition) is 2. The van der Waals surface area contributed by atoms with Crippen molar-refractivity contribution in [3.63, 3.8) is 0 Å². The molecule has 23 heavy (non-hydrogen) atoms. The van der Waals surface area contributed by atoms with Crippen molar-refractivity contribution in [3.05, 3.63) is 63.6 Å². The first-order chi connectivity index (χ1) is 10.7. The zero-order valence-corrected chi connectivity index (χ0v) is 12.6. The fourth-order valence-electron chi connectivity index (χ4n) is 2.24. The molecule has 4 nitrogen and oxygen atoms in total. The summed E-state index contributed by atoms with van der Waals surface area (Å²) in [6.07, 6.45) is -3.06. The molecule has 1 aromatic heterocycles. The lowest BCUT2D eigenvalue weighted by molar-refractivity contribution is -0.137. The van der Waals surface area contributed by atoms with Crippen LogP contribution in [-0.4, -0.2) is 17.4 Å². The van der Waals surface area contributed by atoms with Crippen molar-refractivity contribution in [2.24, 2.45) is 0 Å². The molecule has 0 radical (unpaired) electrons. The number of rotatable bonds is 3. The van der Waals surface area contributed by atoms with E-state index in [1.54, 1.807) is 6.92 Å². The van der Waals surface area contributed by atoms with Gasteiger partial charge in [0.05, 0.1) is 11.3 Å². The lowest BCUT2D eigenvalue weighted by Crippen LogP contribution is -2.31. The normalized spacial score (nSPS) is 11.3. The molecule has 0 atom stereocenters. The lowest BCUT2D eigenvalue weighted by Gasteiger charge is -2.22. The second-order valence-electron chi connectivity index (χ2n) is 4.99. The van der Waals surface area contributed by atoms with Gasteiger partial charge in [-0.05, 0) is 43.7 Å². The number of anilines is 1. The maximum Gasteiger partial charge on any atom is 0.416 e. The van der Waals surface area contributed by atoms with Crippen LogP contribution in [0.1, 0.15) is 28.4 Å². The molecule has 122 valence electrons. The van der Waals surface area contributed by atoms with E-state index in [1.807, 2.05) is 0 Å². The molecule has 0 aliphatic carbocycles. The van der Waals surface area contributed by atoms with Gasteiger partial charge >= 0.3 is 6.18 Å². The molecule has 2 aromatic rings. The highest BCUT2D eigenvalue weighted by Crippen LogP contribution is 2.31. The van der Waals surface area contributed by atoms with Crippen molar-refractivity contribution in [2.75, 3.05) is 11.4 Å².